The Hall–Kier alpha value is -1.75. The quantitative estimate of drug-likeness (QED) is 0.583. The molecule has 1 saturated heterocycles. The van der Waals surface area contributed by atoms with Gasteiger partial charge in [-0.25, -0.2) is 0 Å². The predicted octanol–water partition coefficient (Wildman–Crippen LogP) is 1.28. The standard InChI is InChI=1S/C10H11N3O2/c1-7-9(2-8-3-11-4-8)5-12-6-10(7)13(14)15/h2,5-6,11H,3-4H2,1H3. The second-order valence-corrected chi connectivity index (χ2v) is 3.54. The van der Waals surface area contributed by atoms with Crippen LogP contribution in [0.4, 0.5) is 5.69 Å². The van der Waals surface area contributed by atoms with Gasteiger partial charge in [0.2, 0.25) is 0 Å². The third kappa shape index (κ3) is 1.87. The molecule has 1 N–H and O–H groups in total. The summed E-state index contributed by atoms with van der Waals surface area (Å²) in [4.78, 5) is 14.1. The van der Waals surface area contributed by atoms with Gasteiger partial charge in [-0.15, -0.1) is 0 Å². The van der Waals surface area contributed by atoms with Gasteiger partial charge in [-0.3, -0.25) is 15.1 Å². The van der Waals surface area contributed by atoms with E-state index in [-0.39, 0.29) is 5.69 Å². The predicted molar refractivity (Wildman–Crippen MR) is 56.5 cm³/mol. The van der Waals surface area contributed by atoms with Crippen LogP contribution in [0.5, 0.6) is 0 Å². The molecule has 1 aliphatic rings. The van der Waals surface area contributed by atoms with E-state index in [4.69, 9.17) is 0 Å². The molecule has 0 unspecified atom stereocenters. The van der Waals surface area contributed by atoms with Crippen molar-refractivity contribution >= 4 is 11.8 Å². The minimum Gasteiger partial charge on any atom is -0.309 e. The van der Waals surface area contributed by atoms with Gasteiger partial charge in [0.05, 0.1) is 4.92 Å². The lowest BCUT2D eigenvalue weighted by Gasteiger charge is -2.18. The summed E-state index contributed by atoms with van der Waals surface area (Å²) in [7, 11) is 0. The number of pyridine rings is 1. The van der Waals surface area contributed by atoms with Crippen LogP contribution in [-0.2, 0) is 0 Å². The third-order valence-corrected chi connectivity index (χ3v) is 2.49. The summed E-state index contributed by atoms with van der Waals surface area (Å²) in [5.74, 6) is 0. The second kappa shape index (κ2) is 3.78. The van der Waals surface area contributed by atoms with Crippen molar-refractivity contribution in [3.05, 3.63) is 39.2 Å². The SMILES string of the molecule is Cc1c(C=C2CNC2)cncc1[N+](=O)[O-]. The second-order valence-electron chi connectivity index (χ2n) is 3.54. The van der Waals surface area contributed by atoms with Gasteiger partial charge in [0.15, 0.2) is 0 Å². The van der Waals surface area contributed by atoms with Crippen LogP contribution in [0.15, 0.2) is 18.0 Å². The van der Waals surface area contributed by atoms with Gasteiger partial charge in [0, 0.05) is 30.4 Å². The van der Waals surface area contributed by atoms with Crippen molar-refractivity contribution in [3.8, 4) is 0 Å². The molecule has 2 rings (SSSR count). The zero-order chi connectivity index (χ0) is 10.8. The van der Waals surface area contributed by atoms with Crippen LogP contribution in [0.25, 0.3) is 6.08 Å². The summed E-state index contributed by atoms with van der Waals surface area (Å²) in [6.07, 6.45) is 4.91. The molecule has 15 heavy (non-hydrogen) atoms. The smallest absolute Gasteiger partial charge is 0.291 e. The fraction of sp³-hybridized carbons (Fsp3) is 0.300. The number of nitrogens with zero attached hydrogens (tertiary/aromatic N) is 2. The lowest BCUT2D eigenvalue weighted by molar-refractivity contribution is -0.385. The van der Waals surface area contributed by atoms with Crippen molar-refractivity contribution in [2.24, 2.45) is 0 Å². The first-order valence-electron chi connectivity index (χ1n) is 4.67. The lowest BCUT2D eigenvalue weighted by Crippen LogP contribution is -2.33. The topological polar surface area (TPSA) is 68.1 Å². The van der Waals surface area contributed by atoms with Crippen molar-refractivity contribution in [2.75, 3.05) is 13.1 Å². The minimum atomic E-state index is -0.399. The Morgan fingerprint density at radius 3 is 2.80 bits per heavy atom. The fourth-order valence-corrected chi connectivity index (χ4v) is 1.45. The highest BCUT2D eigenvalue weighted by molar-refractivity contribution is 5.61. The van der Waals surface area contributed by atoms with Crippen LogP contribution < -0.4 is 5.32 Å². The average molecular weight is 205 g/mol. The van der Waals surface area contributed by atoms with E-state index in [1.807, 2.05) is 6.08 Å². The summed E-state index contributed by atoms with van der Waals surface area (Å²) in [6, 6.07) is 0. The summed E-state index contributed by atoms with van der Waals surface area (Å²) in [5, 5.41) is 13.8. The summed E-state index contributed by atoms with van der Waals surface area (Å²) >= 11 is 0. The molecule has 1 fully saturated rings. The first-order chi connectivity index (χ1) is 7.18. The molecule has 0 radical (unpaired) electrons. The number of rotatable bonds is 2. The minimum absolute atomic E-state index is 0.0802. The van der Waals surface area contributed by atoms with Gasteiger partial charge in [0.1, 0.15) is 6.20 Å². The van der Waals surface area contributed by atoms with Gasteiger partial charge in [-0.2, -0.15) is 0 Å². The van der Waals surface area contributed by atoms with Gasteiger partial charge in [-0.1, -0.05) is 6.08 Å². The molecule has 0 bridgehead atoms. The van der Waals surface area contributed by atoms with E-state index in [9.17, 15) is 10.1 Å². The van der Waals surface area contributed by atoms with Crippen LogP contribution >= 0.6 is 0 Å². The number of nitrogens with one attached hydrogen (secondary N) is 1. The fourth-order valence-electron chi connectivity index (χ4n) is 1.45. The van der Waals surface area contributed by atoms with E-state index in [2.05, 4.69) is 10.3 Å². The van der Waals surface area contributed by atoms with E-state index in [0.29, 0.717) is 5.56 Å². The van der Waals surface area contributed by atoms with E-state index in [1.165, 1.54) is 11.8 Å². The Balaban J connectivity index is 2.39. The normalized spacial score (nSPS) is 14.6. The Morgan fingerprint density at radius 1 is 1.53 bits per heavy atom. The Morgan fingerprint density at radius 2 is 2.27 bits per heavy atom. The molecular weight excluding hydrogens is 194 g/mol. The molecule has 0 amide bonds. The highest BCUT2D eigenvalue weighted by atomic mass is 16.6. The largest absolute Gasteiger partial charge is 0.309 e. The summed E-state index contributed by atoms with van der Waals surface area (Å²) < 4.78 is 0. The van der Waals surface area contributed by atoms with Gasteiger partial charge in [0.25, 0.3) is 5.69 Å². The van der Waals surface area contributed by atoms with Crippen LogP contribution in [0.2, 0.25) is 0 Å². The molecule has 5 heteroatoms. The monoisotopic (exact) mass is 205 g/mol. The van der Waals surface area contributed by atoms with Gasteiger partial charge in [-0.05, 0) is 12.5 Å². The lowest BCUT2D eigenvalue weighted by atomic mass is 10.0. The van der Waals surface area contributed by atoms with Gasteiger partial charge < -0.3 is 5.32 Å². The molecule has 0 atom stereocenters. The van der Waals surface area contributed by atoms with Crippen molar-refractivity contribution in [1.29, 1.82) is 0 Å². The number of hydrogen-bond donors (Lipinski definition) is 1. The molecule has 1 aliphatic heterocycles. The Labute approximate surface area is 87.0 Å². The molecule has 78 valence electrons. The zero-order valence-electron chi connectivity index (χ0n) is 8.36. The van der Waals surface area contributed by atoms with E-state index < -0.39 is 4.92 Å². The van der Waals surface area contributed by atoms with Gasteiger partial charge >= 0.3 is 0 Å². The molecule has 1 aromatic heterocycles. The zero-order valence-corrected chi connectivity index (χ0v) is 8.36. The molecule has 0 aliphatic carbocycles. The number of hydrogen-bond acceptors (Lipinski definition) is 4. The molecular formula is C10H11N3O2. The van der Waals surface area contributed by atoms with E-state index >= 15 is 0 Å². The highest BCUT2D eigenvalue weighted by Crippen LogP contribution is 2.22. The molecule has 0 aromatic carbocycles. The highest BCUT2D eigenvalue weighted by Gasteiger charge is 2.14. The summed E-state index contributed by atoms with van der Waals surface area (Å²) in [6.45, 7) is 3.47. The molecule has 2 heterocycles. The maximum atomic E-state index is 10.7. The summed E-state index contributed by atoms with van der Waals surface area (Å²) in [5.41, 5.74) is 2.84. The maximum Gasteiger partial charge on any atom is 0.291 e. The molecule has 0 spiro atoms. The number of nitro groups is 1. The van der Waals surface area contributed by atoms with Crippen molar-refractivity contribution < 1.29 is 4.92 Å². The Kier molecular flexibility index (Phi) is 2.47. The van der Waals surface area contributed by atoms with Crippen molar-refractivity contribution in [2.45, 2.75) is 6.92 Å². The van der Waals surface area contributed by atoms with Crippen molar-refractivity contribution in [1.82, 2.24) is 10.3 Å². The van der Waals surface area contributed by atoms with Crippen LogP contribution in [0, 0.1) is 17.0 Å². The molecule has 5 nitrogen and oxygen atoms in total. The average Bonchev–Trinajstić information content (AvgIpc) is 2.13. The molecule has 0 saturated carbocycles. The van der Waals surface area contributed by atoms with Crippen LogP contribution in [-0.4, -0.2) is 23.0 Å². The van der Waals surface area contributed by atoms with E-state index in [1.54, 1.807) is 13.1 Å². The Bertz CT molecular complexity index is 434. The van der Waals surface area contributed by atoms with Crippen LogP contribution in [0.3, 0.4) is 0 Å². The van der Waals surface area contributed by atoms with Crippen molar-refractivity contribution in [3.63, 3.8) is 0 Å². The first-order valence-corrected chi connectivity index (χ1v) is 4.67. The number of aromatic nitrogens is 1. The molecule has 1 aromatic rings. The maximum absolute atomic E-state index is 10.7. The van der Waals surface area contributed by atoms with Crippen LogP contribution in [0.1, 0.15) is 11.1 Å². The van der Waals surface area contributed by atoms with E-state index in [0.717, 1.165) is 18.7 Å². The third-order valence-electron chi connectivity index (χ3n) is 2.49. The first kappa shape index (κ1) is 9.79.